The Kier molecular flexibility index (Phi) is 4.03. The van der Waals surface area contributed by atoms with E-state index < -0.39 is 11.6 Å². The van der Waals surface area contributed by atoms with E-state index in [0.29, 0.717) is 5.69 Å². The number of halogens is 2. The Morgan fingerprint density at radius 2 is 1.80 bits per heavy atom. The lowest BCUT2D eigenvalue weighted by Gasteiger charge is -2.29. The van der Waals surface area contributed by atoms with Gasteiger partial charge in [0, 0.05) is 32.2 Å². The van der Waals surface area contributed by atoms with Crippen LogP contribution in [0.2, 0.25) is 0 Å². The van der Waals surface area contributed by atoms with Crippen LogP contribution in [-0.4, -0.2) is 26.2 Å². The van der Waals surface area contributed by atoms with Crippen LogP contribution in [0.3, 0.4) is 0 Å². The SMILES string of the molecule is C.Fc1ccc(N2CCNCC2)c(F)c1. The summed E-state index contributed by atoms with van der Waals surface area (Å²) < 4.78 is 26.0. The second kappa shape index (κ2) is 5.07. The summed E-state index contributed by atoms with van der Waals surface area (Å²) in [6, 6.07) is 3.72. The molecule has 1 heterocycles. The minimum Gasteiger partial charge on any atom is -0.367 e. The molecule has 0 aromatic heterocycles. The van der Waals surface area contributed by atoms with Crippen molar-refractivity contribution in [3.63, 3.8) is 0 Å². The molecule has 15 heavy (non-hydrogen) atoms. The maximum absolute atomic E-state index is 13.3. The molecule has 1 aliphatic heterocycles. The fourth-order valence-electron chi connectivity index (χ4n) is 1.64. The van der Waals surface area contributed by atoms with E-state index in [1.807, 2.05) is 4.90 Å². The molecule has 0 unspecified atom stereocenters. The van der Waals surface area contributed by atoms with E-state index in [1.54, 1.807) is 0 Å². The standard InChI is InChI=1S/C10H12F2N2.CH4/c11-8-1-2-10(9(12)7-8)14-5-3-13-4-6-14;/h1-2,7,13H,3-6H2;1H4. The van der Waals surface area contributed by atoms with Gasteiger partial charge in [-0.1, -0.05) is 7.43 Å². The lowest BCUT2D eigenvalue weighted by Crippen LogP contribution is -2.43. The van der Waals surface area contributed by atoms with Gasteiger partial charge in [0.05, 0.1) is 5.69 Å². The smallest absolute Gasteiger partial charge is 0.149 e. The number of rotatable bonds is 1. The molecular formula is C11H16F2N2. The van der Waals surface area contributed by atoms with Gasteiger partial charge in [-0.05, 0) is 12.1 Å². The Morgan fingerprint density at radius 3 is 2.40 bits per heavy atom. The summed E-state index contributed by atoms with van der Waals surface area (Å²) in [6.07, 6.45) is 0. The minimum atomic E-state index is -0.526. The molecule has 1 saturated heterocycles. The third-order valence-electron chi connectivity index (χ3n) is 2.37. The van der Waals surface area contributed by atoms with Gasteiger partial charge >= 0.3 is 0 Å². The van der Waals surface area contributed by atoms with Crippen LogP contribution >= 0.6 is 0 Å². The van der Waals surface area contributed by atoms with Crippen LogP contribution in [0.5, 0.6) is 0 Å². The molecule has 0 amide bonds. The van der Waals surface area contributed by atoms with E-state index in [4.69, 9.17) is 0 Å². The molecule has 0 bridgehead atoms. The lowest BCUT2D eigenvalue weighted by atomic mass is 10.2. The summed E-state index contributed by atoms with van der Waals surface area (Å²) in [5, 5.41) is 3.18. The first-order chi connectivity index (χ1) is 6.77. The Hall–Kier alpha value is -1.16. The zero-order valence-corrected chi connectivity index (χ0v) is 7.76. The van der Waals surface area contributed by atoms with Crippen molar-refractivity contribution in [3.05, 3.63) is 29.8 Å². The van der Waals surface area contributed by atoms with Gasteiger partial charge in [-0.3, -0.25) is 0 Å². The topological polar surface area (TPSA) is 15.3 Å². The van der Waals surface area contributed by atoms with Crippen LogP contribution in [-0.2, 0) is 0 Å². The van der Waals surface area contributed by atoms with E-state index >= 15 is 0 Å². The Labute approximate surface area is 88.9 Å². The van der Waals surface area contributed by atoms with Crippen molar-refractivity contribution >= 4 is 5.69 Å². The van der Waals surface area contributed by atoms with Crippen molar-refractivity contribution in [2.75, 3.05) is 31.1 Å². The van der Waals surface area contributed by atoms with E-state index in [9.17, 15) is 8.78 Å². The van der Waals surface area contributed by atoms with Crippen molar-refractivity contribution in [1.29, 1.82) is 0 Å². The molecule has 0 atom stereocenters. The van der Waals surface area contributed by atoms with E-state index in [0.717, 1.165) is 32.2 Å². The van der Waals surface area contributed by atoms with Crippen LogP contribution in [0.4, 0.5) is 14.5 Å². The Balaban J connectivity index is 0.00000112. The quantitative estimate of drug-likeness (QED) is 0.769. The number of nitrogens with zero attached hydrogens (tertiary/aromatic N) is 1. The average Bonchev–Trinajstić information content (AvgIpc) is 2.19. The molecule has 1 aromatic carbocycles. The van der Waals surface area contributed by atoms with E-state index in [-0.39, 0.29) is 7.43 Å². The van der Waals surface area contributed by atoms with Gasteiger partial charge < -0.3 is 10.2 Å². The highest BCUT2D eigenvalue weighted by Crippen LogP contribution is 2.20. The number of hydrogen-bond donors (Lipinski definition) is 1. The number of benzene rings is 1. The monoisotopic (exact) mass is 214 g/mol. The maximum Gasteiger partial charge on any atom is 0.149 e. The summed E-state index contributed by atoms with van der Waals surface area (Å²) in [7, 11) is 0. The summed E-state index contributed by atoms with van der Waals surface area (Å²) in [4.78, 5) is 1.92. The van der Waals surface area contributed by atoms with Crippen LogP contribution in [0.15, 0.2) is 18.2 Å². The molecule has 1 aliphatic rings. The molecule has 0 saturated carbocycles. The average molecular weight is 214 g/mol. The van der Waals surface area contributed by atoms with Gasteiger partial charge in [-0.25, -0.2) is 8.78 Å². The first kappa shape index (κ1) is 11.9. The van der Waals surface area contributed by atoms with E-state index in [1.165, 1.54) is 12.1 Å². The third kappa shape index (κ3) is 2.65. The van der Waals surface area contributed by atoms with Gasteiger partial charge in [-0.15, -0.1) is 0 Å². The van der Waals surface area contributed by atoms with Crippen molar-refractivity contribution < 1.29 is 8.78 Å². The van der Waals surface area contributed by atoms with Gasteiger partial charge in [0.2, 0.25) is 0 Å². The Bertz CT molecular complexity index is 322. The zero-order chi connectivity index (χ0) is 9.97. The summed E-state index contributed by atoms with van der Waals surface area (Å²) in [6.45, 7) is 3.22. The largest absolute Gasteiger partial charge is 0.367 e. The highest BCUT2D eigenvalue weighted by atomic mass is 19.1. The molecule has 4 heteroatoms. The van der Waals surface area contributed by atoms with Gasteiger partial charge in [-0.2, -0.15) is 0 Å². The number of hydrogen-bond acceptors (Lipinski definition) is 2. The highest BCUT2D eigenvalue weighted by Gasteiger charge is 2.14. The molecule has 2 nitrogen and oxygen atoms in total. The minimum absolute atomic E-state index is 0. The predicted molar refractivity (Wildman–Crippen MR) is 58.2 cm³/mol. The second-order valence-corrected chi connectivity index (χ2v) is 3.33. The Morgan fingerprint density at radius 1 is 1.13 bits per heavy atom. The van der Waals surface area contributed by atoms with Crippen molar-refractivity contribution in [2.24, 2.45) is 0 Å². The van der Waals surface area contributed by atoms with Crippen LogP contribution < -0.4 is 10.2 Å². The molecule has 0 aliphatic carbocycles. The molecule has 84 valence electrons. The number of piperazine rings is 1. The second-order valence-electron chi connectivity index (χ2n) is 3.33. The summed E-state index contributed by atoms with van der Waals surface area (Å²) >= 11 is 0. The summed E-state index contributed by atoms with van der Waals surface area (Å²) in [5.41, 5.74) is 0.493. The van der Waals surface area contributed by atoms with Gasteiger partial charge in [0.1, 0.15) is 11.6 Å². The first-order valence-electron chi connectivity index (χ1n) is 4.68. The molecule has 0 spiro atoms. The van der Waals surface area contributed by atoms with Crippen molar-refractivity contribution in [3.8, 4) is 0 Å². The fraction of sp³-hybridized carbons (Fsp3) is 0.455. The van der Waals surface area contributed by atoms with Crippen LogP contribution in [0.25, 0.3) is 0 Å². The van der Waals surface area contributed by atoms with E-state index in [2.05, 4.69) is 5.32 Å². The van der Waals surface area contributed by atoms with Crippen molar-refractivity contribution in [2.45, 2.75) is 7.43 Å². The number of anilines is 1. The molecule has 1 N–H and O–H groups in total. The van der Waals surface area contributed by atoms with Crippen molar-refractivity contribution in [1.82, 2.24) is 5.32 Å². The predicted octanol–water partition coefficient (Wildman–Crippen LogP) is 2.01. The van der Waals surface area contributed by atoms with Gasteiger partial charge in [0.15, 0.2) is 0 Å². The normalized spacial score (nSPS) is 16.0. The fourth-order valence-corrected chi connectivity index (χ4v) is 1.64. The van der Waals surface area contributed by atoms with Crippen LogP contribution in [0.1, 0.15) is 7.43 Å². The zero-order valence-electron chi connectivity index (χ0n) is 7.76. The maximum atomic E-state index is 13.3. The molecule has 1 fully saturated rings. The van der Waals surface area contributed by atoms with Crippen LogP contribution in [0, 0.1) is 11.6 Å². The molecule has 1 aromatic rings. The molecule has 0 radical (unpaired) electrons. The lowest BCUT2D eigenvalue weighted by molar-refractivity contribution is 0.554. The third-order valence-corrected chi connectivity index (χ3v) is 2.37. The molecule has 2 rings (SSSR count). The highest BCUT2D eigenvalue weighted by molar-refractivity contribution is 5.48. The number of nitrogens with one attached hydrogen (secondary N) is 1. The first-order valence-corrected chi connectivity index (χ1v) is 4.68. The molecular weight excluding hydrogens is 198 g/mol. The van der Waals surface area contributed by atoms with Gasteiger partial charge in [0.25, 0.3) is 0 Å². The summed E-state index contributed by atoms with van der Waals surface area (Å²) in [5.74, 6) is -1.01.